The van der Waals surface area contributed by atoms with Crippen LogP contribution < -0.4 is 0 Å². The van der Waals surface area contributed by atoms with E-state index in [1.165, 1.54) is 51.9 Å². The summed E-state index contributed by atoms with van der Waals surface area (Å²) in [4.78, 5) is 14.1. The van der Waals surface area contributed by atoms with Gasteiger partial charge < -0.3 is 40.9 Å². The first-order valence-corrected chi connectivity index (χ1v) is 30.4. The number of fused-ring (bicyclic) bond motifs is 10. The van der Waals surface area contributed by atoms with Crippen LogP contribution >= 0.6 is 45.3 Å². The van der Waals surface area contributed by atoms with Gasteiger partial charge in [0.2, 0.25) is 5.71 Å². The van der Waals surface area contributed by atoms with E-state index < -0.39 is 0 Å². The minimum absolute atomic E-state index is 0.706. The van der Waals surface area contributed by atoms with Crippen molar-refractivity contribution in [2.75, 3.05) is 0 Å². The molecule has 2 aliphatic carbocycles. The van der Waals surface area contributed by atoms with Gasteiger partial charge in [-0.25, -0.2) is 4.98 Å². The SMILES string of the molecule is C1=Cc2[nH]ccc2C1.C1=Cc2occc2C1.c1cc2ccoc2cn1.c1cc2occc2o1.c1cc2sccc2o1.c1cc2sccc2s1.c1ccc2[nH]ccc2c1.c1ccc2occc2c1.c1ccc2sccc2c1.c1cnc2occc2c1. The molecule has 11 nitrogen and oxygen atoms in total. The van der Waals surface area contributed by atoms with Crippen molar-refractivity contribution in [3.05, 3.63) is 301 Å². The second kappa shape index (κ2) is 29.7. The maximum atomic E-state index is 5.12. The molecule has 15 heterocycles. The van der Waals surface area contributed by atoms with E-state index in [2.05, 4.69) is 121 Å². The lowest BCUT2D eigenvalue weighted by Crippen LogP contribution is -1.70. The van der Waals surface area contributed by atoms with Gasteiger partial charge in [-0.3, -0.25) is 4.98 Å². The molecule has 0 spiro atoms. The lowest BCUT2D eigenvalue weighted by Gasteiger charge is -1.83. The summed E-state index contributed by atoms with van der Waals surface area (Å²) in [5.74, 6) is 1.03. The van der Waals surface area contributed by atoms with Crippen LogP contribution in [0.5, 0.6) is 0 Å². The van der Waals surface area contributed by atoms with Crippen molar-refractivity contribution >= 4 is 142 Å². The van der Waals surface area contributed by atoms with Crippen LogP contribution in [0.25, 0.3) is 97.0 Å². The second-order valence-electron chi connectivity index (χ2n) is 18.3. The molecule has 15 heteroatoms. The first-order chi connectivity index (χ1) is 42.2. The zero-order valence-electron chi connectivity index (χ0n) is 45.5. The van der Waals surface area contributed by atoms with Gasteiger partial charge in [-0.2, -0.15) is 0 Å². The van der Waals surface area contributed by atoms with Crippen LogP contribution in [-0.2, 0) is 12.8 Å². The lowest BCUT2D eigenvalue weighted by molar-refractivity contribution is 0.556. The van der Waals surface area contributed by atoms with E-state index in [1.807, 2.05) is 115 Å². The molecule has 2 aliphatic rings. The van der Waals surface area contributed by atoms with Gasteiger partial charge in [-0.15, -0.1) is 45.3 Å². The smallest absolute Gasteiger partial charge is 0.225 e. The molecule has 0 amide bonds. The molecular weight excluding hydrogens is 1140 g/mol. The first-order valence-electron chi connectivity index (χ1n) is 26.9. The number of para-hydroxylation sites is 2. The summed E-state index contributed by atoms with van der Waals surface area (Å²) in [7, 11) is 0. The number of rotatable bonds is 0. The lowest BCUT2D eigenvalue weighted by atomic mass is 10.3. The third-order valence-corrected chi connectivity index (χ3v) is 16.4. The van der Waals surface area contributed by atoms with Gasteiger partial charge in [-0.1, -0.05) is 66.7 Å². The average molecular weight is 1190 g/mol. The molecule has 0 aliphatic heterocycles. The summed E-state index contributed by atoms with van der Waals surface area (Å²) < 4.78 is 40.7. The Kier molecular flexibility index (Phi) is 19.8. The molecule has 0 fully saturated rings. The van der Waals surface area contributed by atoms with Crippen molar-refractivity contribution in [1.29, 1.82) is 0 Å². The number of aromatic nitrogens is 4. The highest BCUT2D eigenvalue weighted by Crippen LogP contribution is 2.26. The number of hydrogen-bond acceptors (Lipinski definition) is 13. The van der Waals surface area contributed by atoms with Gasteiger partial charge in [0.1, 0.15) is 16.9 Å². The predicted molar refractivity (Wildman–Crippen MR) is 352 cm³/mol. The fraction of sp³-hybridized carbons (Fsp3) is 0.0286. The fourth-order valence-corrected chi connectivity index (χ4v) is 11.8. The number of pyridine rings is 2. The zero-order valence-corrected chi connectivity index (χ0v) is 48.8. The Morgan fingerprint density at radius 2 is 0.953 bits per heavy atom. The van der Waals surface area contributed by atoms with E-state index in [4.69, 9.17) is 30.9 Å². The largest absolute Gasteiger partial charge is 0.465 e. The van der Waals surface area contributed by atoms with Crippen LogP contribution in [-0.4, -0.2) is 19.9 Å². The third kappa shape index (κ3) is 15.9. The van der Waals surface area contributed by atoms with E-state index in [-0.39, 0.29) is 0 Å². The van der Waals surface area contributed by atoms with Gasteiger partial charge >= 0.3 is 0 Å². The van der Waals surface area contributed by atoms with Crippen molar-refractivity contribution in [2.24, 2.45) is 0 Å². The average Bonchev–Trinajstić information content (AvgIpc) is 4.35. The van der Waals surface area contributed by atoms with Crippen LogP contribution in [0.2, 0.25) is 0 Å². The highest BCUT2D eigenvalue weighted by Gasteiger charge is 2.05. The Morgan fingerprint density at radius 1 is 0.353 bits per heavy atom. The predicted octanol–water partition coefficient (Wildman–Crippen LogP) is 22.1. The van der Waals surface area contributed by atoms with Crippen molar-refractivity contribution in [3.8, 4) is 0 Å². The minimum Gasteiger partial charge on any atom is -0.465 e. The second-order valence-corrected chi connectivity index (χ2v) is 22.1. The number of furan rings is 7. The number of nitrogens with one attached hydrogen (secondary N) is 2. The van der Waals surface area contributed by atoms with Crippen molar-refractivity contribution < 1.29 is 30.9 Å². The van der Waals surface area contributed by atoms with E-state index in [0.717, 1.165) is 62.7 Å². The van der Waals surface area contributed by atoms with Crippen LogP contribution in [0.4, 0.5) is 0 Å². The zero-order chi connectivity index (χ0) is 57.5. The van der Waals surface area contributed by atoms with Gasteiger partial charge in [-0.05, 0) is 166 Å². The molecule has 18 aromatic rings. The summed E-state index contributed by atoms with van der Waals surface area (Å²) in [6, 6.07) is 56.3. The van der Waals surface area contributed by atoms with Crippen molar-refractivity contribution in [3.63, 3.8) is 0 Å². The van der Waals surface area contributed by atoms with Crippen LogP contribution in [0, 0.1) is 0 Å². The molecule has 0 saturated heterocycles. The van der Waals surface area contributed by atoms with Crippen LogP contribution in [0.15, 0.2) is 309 Å². The molecule has 0 bridgehead atoms. The maximum absolute atomic E-state index is 5.12. The first kappa shape index (κ1) is 56.7. The van der Waals surface area contributed by atoms with Gasteiger partial charge in [0.15, 0.2) is 16.7 Å². The summed E-state index contributed by atoms with van der Waals surface area (Å²) in [5.41, 5.74) is 10.3. The van der Waals surface area contributed by atoms with Crippen molar-refractivity contribution in [1.82, 2.24) is 19.9 Å². The highest BCUT2D eigenvalue weighted by atomic mass is 32.1. The van der Waals surface area contributed by atoms with Gasteiger partial charge in [0.05, 0.1) is 54.7 Å². The number of allylic oxidation sites excluding steroid dienone is 2. The van der Waals surface area contributed by atoms with Gasteiger partial charge in [0.25, 0.3) is 0 Å². The number of benzene rings is 3. The number of hydrogen-bond donors (Lipinski definition) is 2. The van der Waals surface area contributed by atoms with Crippen LogP contribution in [0.3, 0.4) is 0 Å². The summed E-state index contributed by atoms with van der Waals surface area (Å²) >= 11 is 7.10. The fourth-order valence-electron chi connectivity index (χ4n) is 8.51. The number of thiophene rings is 4. The van der Waals surface area contributed by atoms with E-state index in [1.54, 1.807) is 120 Å². The summed E-state index contributed by atoms with van der Waals surface area (Å²) in [6.07, 6.45) is 31.3. The van der Waals surface area contributed by atoms with E-state index in [0.29, 0.717) is 5.71 Å². The molecule has 0 atom stereocenters. The number of nitrogens with zero attached hydrogens (tertiary/aromatic N) is 2. The Morgan fingerprint density at radius 3 is 1.72 bits per heavy atom. The molecule has 3 aromatic carbocycles. The topological polar surface area (TPSA) is 149 Å². The molecule has 20 rings (SSSR count). The molecule has 2 N–H and O–H groups in total. The van der Waals surface area contributed by atoms with Crippen molar-refractivity contribution in [2.45, 2.75) is 12.8 Å². The number of aromatic amines is 2. The molecule has 420 valence electrons. The standard InChI is InChI=1S/C8H7N.C8H6O.C8H6S.2C7H5NO.C7H7N.C7H6O.C6H4O2.C6H4OS.C6H4S2/c3*1-2-4-8-7(3-1)5-6-9-8;1-3-8-5-7-6(1)2-4-9-7;1-2-6-3-5-9-7(6)8-4-1;2*1-2-6-4-5-8-7(6)3-1;1-3-7-6-2-4-8-5(1)6;1-3-7-5-2-4-8-6(1)5;1-3-7-6-2-4-8-5(1)6/h1-6,9H;2*1-6H;2*1-5H;1,3-5,8H,2H2;1,3-5H,2H2;3*1-4H. The summed E-state index contributed by atoms with van der Waals surface area (Å²) in [6.45, 7) is 0. The molecule has 0 saturated carbocycles. The Bertz CT molecular complexity index is 4000. The number of H-pyrrole nitrogens is 2. The van der Waals surface area contributed by atoms with E-state index >= 15 is 0 Å². The van der Waals surface area contributed by atoms with Gasteiger partial charge in [0, 0.05) is 84.0 Å². The molecule has 15 aromatic heterocycles. The monoisotopic (exact) mass is 1190 g/mol. The highest BCUT2D eigenvalue weighted by molar-refractivity contribution is 7.25. The molecular formula is C70H54N4O7S4. The Hall–Kier alpha value is -10.2. The third-order valence-electron chi connectivity index (χ3n) is 12.8. The van der Waals surface area contributed by atoms with E-state index in [9.17, 15) is 0 Å². The minimum atomic E-state index is 0.706. The molecule has 85 heavy (non-hydrogen) atoms. The maximum Gasteiger partial charge on any atom is 0.225 e. The normalized spacial score (nSPS) is 11.1. The Balaban J connectivity index is 0.0000000983. The molecule has 0 radical (unpaired) electrons. The Labute approximate surface area is 503 Å². The summed E-state index contributed by atoms with van der Waals surface area (Å²) in [5, 5.41) is 14.3. The quantitative estimate of drug-likeness (QED) is 0.151. The molecule has 0 unspecified atom stereocenters. The van der Waals surface area contributed by atoms with Crippen LogP contribution in [0.1, 0.15) is 22.6 Å².